The Hall–Kier alpha value is -2.56. The van der Waals surface area contributed by atoms with Gasteiger partial charge in [-0.3, -0.25) is 32.5 Å². The molecule has 4 unspecified atom stereocenters. The number of ether oxygens (including phenoxy) is 1. The van der Waals surface area contributed by atoms with E-state index < -0.39 is 96.6 Å². The Labute approximate surface area is 462 Å². The summed E-state index contributed by atoms with van der Waals surface area (Å²) in [5.74, 6) is 0.407. The smallest absolute Gasteiger partial charge is 0.393 e. The average Bonchev–Trinajstić information content (AvgIpc) is 4.08. The van der Waals surface area contributed by atoms with E-state index in [2.05, 4.69) is 55.2 Å². The van der Waals surface area contributed by atoms with Crippen LogP contribution < -0.4 is 16.4 Å². The predicted molar refractivity (Wildman–Crippen MR) is 283 cm³/mol. The fourth-order valence-corrected chi connectivity index (χ4v) is 17.3. The number of nitrogens with zero attached hydrogens (tertiary/aromatic N) is 4. The first kappa shape index (κ1) is 64.0. The predicted octanol–water partition coefficient (Wildman–Crippen LogP) is 3.07. The van der Waals surface area contributed by atoms with E-state index in [1.54, 1.807) is 6.92 Å². The Balaban J connectivity index is 0.774. The molecule has 79 heavy (non-hydrogen) atoms. The molecule has 19 atom stereocenters. The maximum atomic E-state index is 13.1. The number of thioether (sulfide) groups is 1. The van der Waals surface area contributed by atoms with Crippen molar-refractivity contribution in [3.63, 3.8) is 0 Å². The number of hydrogen-bond donors (Lipinski definition) is 12. The molecule has 4 saturated carbocycles. The fraction of sp³-hybridized carbons (Fsp3) is 0.833. The molecule has 5 fully saturated rings. The highest BCUT2D eigenvalue weighted by molar-refractivity contribution is 8.13. The second kappa shape index (κ2) is 25.3. The van der Waals surface area contributed by atoms with Gasteiger partial charge in [-0.15, -0.1) is 0 Å². The van der Waals surface area contributed by atoms with Crippen LogP contribution in [-0.2, 0) is 50.7 Å². The minimum Gasteiger partial charge on any atom is -0.393 e. The third-order valence-electron chi connectivity index (χ3n) is 18.0. The largest absolute Gasteiger partial charge is 0.481 e. The Morgan fingerprint density at radius 1 is 0.911 bits per heavy atom. The monoisotopic (exact) mass is 1200 g/mol. The quantitative estimate of drug-likeness (QED) is 0.0502. The van der Waals surface area contributed by atoms with E-state index >= 15 is 0 Å². The third kappa shape index (κ3) is 14.9. The van der Waals surface area contributed by atoms with E-state index in [9.17, 15) is 73.2 Å². The Bertz CT molecular complexity index is 2640. The number of aliphatic hydroxyl groups excluding tert-OH is 5. The molecule has 0 bridgehead atoms. The standard InChI is InChI=1S/C48H80N7O20P3S/c1-25(29-8-9-30-36-31(12-15-48(29,30)6)47(5)14-11-28(56)19-27(47)20-33(36)58)7-10-32(57)26(2)45(63)79-18-17-50-35(59)13-16-51-43(62)40(61)46(3,4)22-72-78(69,70)75-77(67,68)71-21-34-39(74-76(64,65)66)38(60)44(73-34)55-24-54-37-41(49)52-23-53-42(37)55/h23-34,36,38-40,44,56-58,60-61H,7-22H2,1-6H3,(H,50,59)(H,51,62)(H,67,68)(H,69,70)(H2,49,52,53)(H2,64,65,66)/t25-,26?,27+,28-,29-,30+,31+,32?,33-,34-,36+,38-,39-,40+,44-,47+,48-/m1/s1. The normalized spacial score (nSPS) is 34.0. The van der Waals surface area contributed by atoms with Gasteiger partial charge in [0.2, 0.25) is 11.8 Å². The maximum absolute atomic E-state index is 13.1. The van der Waals surface area contributed by atoms with E-state index in [1.165, 1.54) is 13.8 Å². The van der Waals surface area contributed by atoms with Gasteiger partial charge in [0.15, 0.2) is 22.8 Å². The van der Waals surface area contributed by atoms with Crippen molar-refractivity contribution in [2.24, 2.45) is 57.7 Å². The van der Waals surface area contributed by atoms with Crippen LogP contribution in [0, 0.1) is 57.7 Å². The van der Waals surface area contributed by atoms with Crippen LogP contribution in [0.2, 0.25) is 0 Å². The van der Waals surface area contributed by atoms with Crippen LogP contribution in [0.3, 0.4) is 0 Å². The van der Waals surface area contributed by atoms with Crippen molar-refractivity contribution in [3.05, 3.63) is 12.7 Å². The van der Waals surface area contributed by atoms with Crippen molar-refractivity contribution in [1.82, 2.24) is 30.2 Å². The van der Waals surface area contributed by atoms with E-state index in [4.69, 9.17) is 19.5 Å². The summed E-state index contributed by atoms with van der Waals surface area (Å²) in [6.07, 6.45) is 0.531. The number of anilines is 1. The van der Waals surface area contributed by atoms with Crippen LogP contribution in [0.25, 0.3) is 11.2 Å². The van der Waals surface area contributed by atoms with Gasteiger partial charge in [0.05, 0.1) is 43.8 Å². The van der Waals surface area contributed by atoms with Crippen molar-refractivity contribution < 1.29 is 95.8 Å². The zero-order valence-electron chi connectivity index (χ0n) is 45.3. The average molecular weight is 1200 g/mol. The van der Waals surface area contributed by atoms with Gasteiger partial charge in [-0.1, -0.05) is 53.3 Å². The van der Waals surface area contributed by atoms with Crippen LogP contribution in [0.5, 0.6) is 0 Å². The zero-order valence-corrected chi connectivity index (χ0v) is 48.8. The lowest BCUT2D eigenvalue weighted by Gasteiger charge is -2.62. The van der Waals surface area contributed by atoms with Crippen LogP contribution in [0.1, 0.15) is 118 Å². The molecule has 0 radical (unpaired) electrons. The number of nitrogen functional groups attached to an aromatic ring is 1. The minimum atomic E-state index is -5.61. The van der Waals surface area contributed by atoms with Crippen LogP contribution in [0.4, 0.5) is 5.82 Å². The van der Waals surface area contributed by atoms with Gasteiger partial charge in [0.1, 0.15) is 36.3 Å². The van der Waals surface area contributed by atoms with Gasteiger partial charge in [0, 0.05) is 30.7 Å². The highest BCUT2D eigenvalue weighted by Crippen LogP contribution is 2.69. The van der Waals surface area contributed by atoms with E-state index in [0.29, 0.717) is 36.0 Å². The number of amides is 2. The number of nitrogens with one attached hydrogen (secondary N) is 2. The molecule has 4 aliphatic carbocycles. The molecular weight excluding hydrogens is 1120 g/mol. The van der Waals surface area contributed by atoms with Gasteiger partial charge in [-0.2, -0.15) is 4.31 Å². The zero-order chi connectivity index (χ0) is 58.2. The molecule has 448 valence electrons. The molecule has 1 aliphatic heterocycles. The molecule has 3 heterocycles. The first-order valence-electron chi connectivity index (χ1n) is 26.9. The molecule has 27 nitrogen and oxygen atoms in total. The number of aromatic nitrogens is 4. The number of hydrogen-bond acceptors (Lipinski definition) is 21. The van der Waals surface area contributed by atoms with Crippen LogP contribution in [-0.4, -0.2) is 156 Å². The van der Waals surface area contributed by atoms with Gasteiger partial charge in [-0.05, 0) is 111 Å². The highest BCUT2D eigenvalue weighted by atomic mass is 32.2. The van der Waals surface area contributed by atoms with E-state index in [-0.39, 0.29) is 76.3 Å². The summed E-state index contributed by atoms with van der Waals surface area (Å²) < 4.78 is 62.8. The Morgan fingerprint density at radius 3 is 2.30 bits per heavy atom. The summed E-state index contributed by atoms with van der Waals surface area (Å²) in [4.78, 5) is 89.9. The van der Waals surface area contributed by atoms with Gasteiger partial charge in [0.25, 0.3) is 0 Å². The van der Waals surface area contributed by atoms with E-state index in [1.807, 2.05) is 0 Å². The summed E-state index contributed by atoms with van der Waals surface area (Å²) in [5, 5.41) is 59.7. The second-order valence-electron chi connectivity index (χ2n) is 23.6. The van der Waals surface area contributed by atoms with E-state index in [0.717, 1.165) is 86.8 Å². The maximum Gasteiger partial charge on any atom is 0.481 e. The number of fused-ring (bicyclic) bond motifs is 6. The molecule has 2 aromatic rings. The number of carbonyl (C=O) groups excluding carboxylic acids is 3. The molecule has 1 saturated heterocycles. The van der Waals surface area contributed by atoms with Crippen LogP contribution >= 0.6 is 35.2 Å². The SMILES string of the molecule is CC(C(=O)SCCNC(=O)CCNC(=O)[C@H](O)C(C)(C)COP(=O)(O)OP(=O)(O)OC[C@H]1O[C@@H](n2cnc3c(N)ncnc32)[C@H](O)[C@@H]1OP(=O)(O)O)C(O)CC[C@@H](C)[C@H]1CC[C@H]2[C@@H]3[C@H](O)C[C@@H]4C[C@H](O)CC[C@]4(C)[C@H]3CC[C@]12C. The van der Waals surface area contributed by atoms with Crippen molar-refractivity contribution in [1.29, 1.82) is 0 Å². The van der Waals surface area contributed by atoms with Crippen molar-refractivity contribution in [2.45, 2.75) is 161 Å². The number of imidazole rings is 1. The number of nitrogens with two attached hydrogens (primary N) is 1. The van der Waals surface area contributed by atoms with Crippen LogP contribution in [0.15, 0.2) is 12.7 Å². The van der Waals surface area contributed by atoms with Gasteiger partial charge < -0.3 is 66.2 Å². The molecule has 5 aliphatic rings. The third-order valence-corrected chi connectivity index (χ3v) is 22.2. The number of phosphoric acid groups is 3. The molecular formula is C48H80N7O20P3S. The number of rotatable bonds is 25. The highest BCUT2D eigenvalue weighted by Gasteiger charge is 2.63. The molecule has 2 aromatic heterocycles. The lowest BCUT2D eigenvalue weighted by Crippen LogP contribution is -2.58. The minimum absolute atomic E-state index is 0.0236. The molecule has 0 spiro atoms. The van der Waals surface area contributed by atoms with Gasteiger partial charge in [-0.25, -0.2) is 28.6 Å². The number of phosphoric ester groups is 3. The summed E-state index contributed by atoms with van der Waals surface area (Å²) >= 11 is 1.00. The molecule has 31 heteroatoms. The summed E-state index contributed by atoms with van der Waals surface area (Å²) in [7, 11) is -16.5. The van der Waals surface area contributed by atoms with Gasteiger partial charge >= 0.3 is 23.5 Å². The lowest BCUT2D eigenvalue weighted by molar-refractivity contribution is -0.174. The van der Waals surface area contributed by atoms with Crippen molar-refractivity contribution in [3.8, 4) is 0 Å². The second-order valence-corrected chi connectivity index (χ2v) is 28.9. The fourth-order valence-electron chi connectivity index (χ4n) is 13.6. The molecule has 13 N–H and O–H groups in total. The summed E-state index contributed by atoms with van der Waals surface area (Å²) in [6.45, 7) is 9.12. The molecule has 7 rings (SSSR count). The Kier molecular flexibility index (Phi) is 20.5. The Morgan fingerprint density at radius 2 is 1.59 bits per heavy atom. The first-order valence-corrected chi connectivity index (χ1v) is 32.4. The summed E-state index contributed by atoms with van der Waals surface area (Å²) in [6, 6.07) is 0. The number of carbonyl (C=O) groups is 3. The lowest BCUT2D eigenvalue weighted by atomic mass is 9.43. The first-order chi connectivity index (χ1) is 36.8. The number of aliphatic hydroxyl groups is 5. The van der Waals surface area contributed by atoms with Crippen molar-refractivity contribution >= 4 is 69.1 Å². The molecule has 2 amide bonds. The summed E-state index contributed by atoms with van der Waals surface area (Å²) in [5.41, 5.74) is 4.50. The van der Waals surface area contributed by atoms with Crippen molar-refractivity contribution in [2.75, 3.05) is 37.8 Å². The molecule has 0 aromatic carbocycles. The topological polar surface area (TPSA) is 424 Å².